The molecule has 0 aromatic rings. The van der Waals surface area contributed by atoms with Crippen LogP contribution in [-0.2, 0) is 4.74 Å². The first-order chi connectivity index (χ1) is 10.6. The van der Waals surface area contributed by atoms with Crippen molar-refractivity contribution in [3.8, 4) is 0 Å². The van der Waals surface area contributed by atoms with E-state index in [1.807, 2.05) is 20.8 Å². The quantitative estimate of drug-likeness (QED) is 0.763. The van der Waals surface area contributed by atoms with Crippen LogP contribution >= 0.6 is 0 Å². The molecule has 0 bridgehead atoms. The largest absolute Gasteiger partial charge is 0.444 e. The van der Waals surface area contributed by atoms with Gasteiger partial charge < -0.3 is 15.4 Å². The highest BCUT2D eigenvalue weighted by Gasteiger charge is 2.26. The van der Waals surface area contributed by atoms with Crippen LogP contribution in [0.2, 0.25) is 0 Å². The summed E-state index contributed by atoms with van der Waals surface area (Å²) in [5.74, 6) is 2.16. The van der Waals surface area contributed by atoms with E-state index < -0.39 is 5.60 Å². The van der Waals surface area contributed by atoms with Gasteiger partial charge in [-0.3, -0.25) is 0 Å². The molecule has 1 atom stereocenters. The van der Waals surface area contributed by atoms with E-state index in [-0.39, 0.29) is 6.09 Å². The van der Waals surface area contributed by atoms with Gasteiger partial charge in [0.05, 0.1) is 0 Å². The van der Waals surface area contributed by atoms with Crippen LogP contribution in [0.25, 0.3) is 0 Å². The number of ether oxygens (including phenoxy) is 1. The molecule has 0 aromatic heterocycles. The number of carbonyl (C=O) groups excluding carboxylic acids is 1. The zero-order valence-electron chi connectivity index (χ0n) is 16.2. The van der Waals surface area contributed by atoms with E-state index >= 15 is 0 Å². The van der Waals surface area contributed by atoms with E-state index in [1.165, 1.54) is 25.7 Å². The number of hydrogen-bond donors (Lipinski definition) is 2. The predicted molar refractivity (Wildman–Crippen MR) is 96.6 cm³/mol. The summed E-state index contributed by atoms with van der Waals surface area (Å²) in [6.07, 6.45) is 4.81. The van der Waals surface area contributed by atoms with Crippen molar-refractivity contribution in [3.63, 3.8) is 0 Å². The Kier molecular flexibility index (Phi) is 7.85. The van der Waals surface area contributed by atoms with Crippen LogP contribution < -0.4 is 10.6 Å². The number of nitrogens with one attached hydrogen (secondary N) is 2. The molecule has 1 amide bonds. The molecular formula is C19H38N2O2. The molecule has 0 spiro atoms. The number of hydrogen-bond acceptors (Lipinski definition) is 3. The molecule has 1 aliphatic rings. The molecule has 1 rings (SSSR count). The van der Waals surface area contributed by atoms with Crippen LogP contribution in [0.1, 0.15) is 74.1 Å². The summed E-state index contributed by atoms with van der Waals surface area (Å²) < 4.78 is 5.32. The highest BCUT2D eigenvalue weighted by Crippen LogP contribution is 2.30. The standard InChI is InChI=1S/C19H38N2O2/c1-13(2)15-8-10-16(11-9-15)21-17(14(3)4)12-20-18(22)23-19(5,6)7/h13-17,21H,8-12H2,1-7H3,(H,20,22). The molecule has 1 fully saturated rings. The van der Waals surface area contributed by atoms with Crippen LogP contribution in [0, 0.1) is 17.8 Å². The summed E-state index contributed by atoms with van der Waals surface area (Å²) in [6.45, 7) is 15.4. The maximum atomic E-state index is 11.8. The van der Waals surface area contributed by atoms with Gasteiger partial charge in [0.25, 0.3) is 0 Å². The topological polar surface area (TPSA) is 50.4 Å². The lowest BCUT2D eigenvalue weighted by molar-refractivity contribution is 0.0517. The van der Waals surface area contributed by atoms with E-state index in [9.17, 15) is 4.79 Å². The fourth-order valence-corrected chi connectivity index (χ4v) is 3.25. The zero-order valence-corrected chi connectivity index (χ0v) is 16.2. The average molecular weight is 327 g/mol. The second kappa shape index (κ2) is 8.91. The lowest BCUT2D eigenvalue weighted by Crippen LogP contribution is -2.50. The predicted octanol–water partition coefficient (Wildman–Crippen LogP) is 4.34. The van der Waals surface area contributed by atoms with Crippen molar-refractivity contribution in [1.29, 1.82) is 0 Å². The summed E-state index contributed by atoms with van der Waals surface area (Å²) in [4.78, 5) is 11.8. The molecule has 0 aliphatic heterocycles. The maximum absolute atomic E-state index is 11.8. The molecule has 0 aromatic carbocycles. The zero-order chi connectivity index (χ0) is 17.6. The fourth-order valence-electron chi connectivity index (χ4n) is 3.25. The van der Waals surface area contributed by atoms with Gasteiger partial charge in [0, 0.05) is 18.6 Å². The minimum Gasteiger partial charge on any atom is -0.444 e. The molecular weight excluding hydrogens is 288 g/mol. The molecule has 1 aliphatic carbocycles. The summed E-state index contributed by atoms with van der Waals surface area (Å²) in [7, 11) is 0. The van der Waals surface area contributed by atoms with Crippen molar-refractivity contribution in [1.82, 2.24) is 10.6 Å². The molecule has 1 saturated carbocycles. The summed E-state index contributed by atoms with van der Waals surface area (Å²) in [5, 5.41) is 6.68. The molecule has 0 saturated heterocycles. The summed E-state index contributed by atoms with van der Waals surface area (Å²) >= 11 is 0. The van der Waals surface area contributed by atoms with Gasteiger partial charge in [0.2, 0.25) is 0 Å². The van der Waals surface area contributed by atoms with E-state index in [1.54, 1.807) is 0 Å². The van der Waals surface area contributed by atoms with Crippen LogP contribution in [0.5, 0.6) is 0 Å². The van der Waals surface area contributed by atoms with E-state index in [0.29, 0.717) is 24.5 Å². The number of amides is 1. The first kappa shape index (κ1) is 20.3. The van der Waals surface area contributed by atoms with Gasteiger partial charge in [-0.05, 0) is 64.2 Å². The average Bonchev–Trinajstić information content (AvgIpc) is 2.41. The van der Waals surface area contributed by atoms with Crippen molar-refractivity contribution >= 4 is 6.09 Å². The normalized spacial score (nSPS) is 23.9. The van der Waals surface area contributed by atoms with E-state index in [2.05, 4.69) is 38.3 Å². The third-order valence-electron chi connectivity index (χ3n) is 4.83. The first-order valence-corrected chi connectivity index (χ1v) is 9.31. The minimum absolute atomic E-state index is 0.295. The first-order valence-electron chi connectivity index (χ1n) is 9.31. The Hall–Kier alpha value is -0.770. The van der Waals surface area contributed by atoms with E-state index in [0.717, 1.165) is 11.8 Å². The van der Waals surface area contributed by atoms with Gasteiger partial charge in [0.1, 0.15) is 5.60 Å². The molecule has 136 valence electrons. The Balaban J connectivity index is 2.40. The Bertz CT molecular complexity index is 353. The van der Waals surface area contributed by atoms with Crippen molar-refractivity contribution in [2.24, 2.45) is 17.8 Å². The second-order valence-corrected chi connectivity index (χ2v) is 8.76. The summed E-state index contributed by atoms with van der Waals surface area (Å²) in [5.41, 5.74) is -0.444. The van der Waals surface area contributed by atoms with Gasteiger partial charge in [0.15, 0.2) is 0 Å². The third-order valence-corrected chi connectivity index (χ3v) is 4.83. The number of rotatable bonds is 6. The molecule has 2 N–H and O–H groups in total. The summed E-state index contributed by atoms with van der Waals surface area (Å²) in [6, 6.07) is 0.876. The van der Waals surface area contributed by atoms with Crippen LogP contribution in [-0.4, -0.2) is 30.3 Å². The van der Waals surface area contributed by atoms with Gasteiger partial charge >= 0.3 is 6.09 Å². The van der Waals surface area contributed by atoms with Crippen LogP contribution in [0.4, 0.5) is 4.79 Å². The Labute approximate surface area is 143 Å². The van der Waals surface area contributed by atoms with Crippen molar-refractivity contribution in [2.75, 3.05) is 6.54 Å². The third kappa shape index (κ3) is 8.05. The Morgan fingerprint density at radius 1 is 1.09 bits per heavy atom. The minimum atomic E-state index is -0.444. The van der Waals surface area contributed by atoms with Crippen molar-refractivity contribution < 1.29 is 9.53 Å². The fraction of sp³-hybridized carbons (Fsp3) is 0.947. The van der Waals surface area contributed by atoms with Gasteiger partial charge in [-0.1, -0.05) is 27.7 Å². The number of alkyl carbamates (subject to hydrolysis) is 1. The molecule has 0 heterocycles. The lowest BCUT2D eigenvalue weighted by atomic mass is 9.79. The van der Waals surface area contributed by atoms with Crippen molar-refractivity contribution in [2.45, 2.75) is 91.8 Å². The van der Waals surface area contributed by atoms with E-state index in [4.69, 9.17) is 4.74 Å². The van der Waals surface area contributed by atoms with Gasteiger partial charge in [-0.15, -0.1) is 0 Å². The molecule has 4 nitrogen and oxygen atoms in total. The molecule has 23 heavy (non-hydrogen) atoms. The molecule has 4 heteroatoms. The molecule has 0 radical (unpaired) electrons. The highest BCUT2D eigenvalue weighted by molar-refractivity contribution is 5.67. The Morgan fingerprint density at radius 2 is 1.65 bits per heavy atom. The molecule has 1 unspecified atom stereocenters. The lowest BCUT2D eigenvalue weighted by Gasteiger charge is -2.35. The van der Waals surface area contributed by atoms with Crippen LogP contribution in [0.3, 0.4) is 0 Å². The smallest absolute Gasteiger partial charge is 0.407 e. The van der Waals surface area contributed by atoms with Crippen LogP contribution in [0.15, 0.2) is 0 Å². The Morgan fingerprint density at radius 3 is 2.09 bits per heavy atom. The highest BCUT2D eigenvalue weighted by atomic mass is 16.6. The monoisotopic (exact) mass is 326 g/mol. The van der Waals surface area contributed by atoms with Crippen molar-refractivity contribution in [3.05, 3.63) is 0 Å². The number of carbonyl (C=O) groups is 1. The second-order valence-electron chi connectivity index (χ2n) is 8.76. The maximum Gasteiger partial charge on any atom is 0.407 e. The SMILES string of the molecule is CC(C)C1CCC(NC(CNC(=O)OC(C)(C)C)C(C)C)CC1. The van der Waals surface area contributed by atoms with Gasteiger partial charge in [-0.2, -0.15) is 0 Å². The van der Waals surface area contributed by atoms with Gasteiger partial charge in [-0.25, -0.2) is 4.79 Å².